The third kappa shape index (κ3) is 2.24. The minimum absolute atomic E-state index is 0.0190. The fourth-order valence-corrected chi connectivity index (χ4v) is 4.15. The van der Waals surface area contributed by atoms with Crippen LogP contribution in [0.2, 0.25) is 0 Å². The second-order valence-corrected chi connectivity index (χ2v) is 6.17. The molecule has 2 N–H and O–H groups in total. The van der Waals surface area contributed by atoms with Crippen LogP contribution < -0.4 is 5.32 Å². The number of rotatable bonds is 2. The van der Waals surface area contributed by atoms with Crippen LogP contribution in [-0.4, -0.2) is 47.6 Å². The summed E-state index contributed by atoms with van der Waals surface area (Å²) in [6, 6.07) is -0.568. The molecule has 5 heteroatoms. The summed E-state index contributed by atoms with van der Waals surface area (Å²) in [5.74, 6) is -0.158. The van der Waals surface area contributed by atoms with Gasteiger partial charge in [-0.3, -0.25) is 4.79 Å². The lowest BCUT2D eigenvalue weighted by Crippen LogP contribution is -2.48. The molecule has 5 nitrogen and oxygen atoms in total. The van der Waals surface area contributed by atoms with E-state index in [9.17, 15) is 14.7 Å². The number of hydrogen-bond donors (Lipinski definition) is 2. The Bertz CT molecular complexity index is 379. The average Bonchev–Trinajstić information content (AvgIpc) is 2.98. The Labute approximate surface area is 113 Å². The monoisotopic (exact) mass is 266 g/mol. The van der Waals surface area contributed by atoms with E-state index in [0.717, 1.165) is 38.6 Å². The molecule has 3 aliphatic rings. The fourth-order valence-electron chi connectivity index (χ4n) is 4.15. The third-order valence-electron chi connectivity index (χ3n) is 5.07. The smallest absolute Gasteiger partial charge is 0.326 e. The van der Waals surface area contributed by atoms with Crippen molar-refractivity contribution in [3.05, 3.63) is 0 Å². The lowest BCUT2D eigenvalue weighted by Gasteiger charge is -2.30. The molecule has 3 fully saturated rings. The van der Waals surface area contributed by atoms with E-state index in [4.69, 9.17) is 0 Å². The molecule has 4 atom stereocenters. The van der Waals surface area contributed by atoms with Crippen LogP contribution >= 0.6 is 0 Å². The Hall–Kier alpha value is -1.10. The molecule has 0 aromatic heterocycles. The molecule has 1 saturated carbocycles. The molecule has 106 valence electrons. The van der Waals surface area contributed by atoms with Crippen LogP contribution in [-0.2, 0) is 9.59 Å². The Morgan fingerprint density at radius 2 is 2.00 bits per heavy atom. The van der Waals surface area contributed by atoms with Gasteiger partial charge in [-0.15, -0.1) is 0 Å². The topological polar surface area (TPSA) is 69.6 Å². The fraction of sp³-hybridized carbons (Fsp3) is 0.857. The number of hydrogen-bond acceptors (Lipinski definition) is 3. The van der Waals surface area contributed by atoms with Gasteiger partial charge in [0.05, 0.1) is 5.92 Å². The maximum Gasteiger partial charge on any atom is 0.326 e. The summed E-state index contributed by atoms with van der Waals surface area (Å²) in [7, 11) is 0. The normalized spacial score (nSPS) is 38.2. The van der Waals surface area contributed by atoms with Gasteiger partial charge in [0.25, 0.3) is 0 Å². The standard InChI is InChI=1S/C14H22N2O3/c17-13(9-4-2-6-15-7-9)16-8-10-3-1-5-11(10)12(16)14(18)19/h9-12,15H,1-8H2,(H,18,19)/t9-,10?,11?,12?/m1/s1. The van der Waals surface area contributed by atoms with Crippen LogP contribution in [0, 0.1) is 17.8 Å². The van der Waals surface area contributed by atoms with Gasteiger partial charge in [-0.05, 0) is 44.1 Å². The molecular weight excluding hydrogens is 244 g/mol. The zero-order chi connectivity index (χ0) is 13.4. The number of likely N-dealkylation sites (tertiary alicyclic amines) is 1. The highest BCUT2D eigenvalue weighted by atomic mass is 16.4. The molecule has 1 aliphatic carbocycles. The minimum Gasteiger partial charge on any atom is -0.480 e. The number of aliphatic carboxylic acids is 1. The lowest BCUT2D eigenvalue weighted by molar-refractivity contribution is -0.151. The molecule has 0 aromatic carbocycles. The molecular formula is C14H22N2O3. The van der Waals surface area contributed by atoms with Crippen LogP contribution in [0.1, 0.15) is 32.1 Å². The number of piperidine rings is 1. The van der Waals surface area contributed by atoms with Gasteiger partial charge in [-0.25, -0.2) is 4.79 Å². The first kappa shape index (κ1) is 12.9. The van der Waals surface area contributed by atoms with Crippen molar-refractivity contribution in [2.75, 3.05) is 19.6 Å². The van der Waals surface area contributed by atoms with Gasteiger partial charge in [-0.1, -0.05) is 6.42 Å². The Morgan fingerprint density at radius 3 is 2.68 bits per heavy atom. The summed E-state index contributed by atoms with van der Waals surface area (Å²) < 4.78 is 0. The highest BCUT2D eigenvalue weighted by Gasteiger charge is 2.50. The van der Waals surface area contributed by atoms with Gasteiger partial charge in [0.15, 0.2) is 0 Å². The van der Waals surface area contributed by atoms with Crippen molar-refractivity contribution < 1.29 is 14.7 Å². The zero-order valence-corrected chi connectivity index (χ0v) is 11.2. The summed E-state index contributed by atoms with van der Waals surface area (Å²) >= 11 is 0. The average molecular weight is 266 g/mol. The summed E-state index contributed by atoms with van der Waals surface area (Å²) in [6.45, 7) is 2.34. The Balaban J connectivity index is 1.75. The van der Waals surface area contributed by atoms with Crippen molar-refractivity contribution in [3.63, 3.8) is 0 Å². The van der Waals surface area contributed by atoms with E-state index in [0.29, 0.717) is 19.0 Å². The number of nitrogens with zero attached hydrogens (tertiary/aromatic N) is 1. The number of carboxylic acid groups (broad SMARTS) is 1. The first-order chi connectivity index (χ1) is 9.18. The number of carboxylic acids is 1. The second-order valence-electron chi connectivity index (χ2n) is 6.17. The molecule has 1 amide bonds. The van der Waals surface area contributed by atoms with Crippen LogP contribution in [0.5, 0.6) is 0 Å². The van der Waals surface area contributed by atoms with Crippen molar-refractivity contribution in [2.45, 2.75) is 38.1 Å². The summed E-state index contributed by atoms with van der Waals surface area (Å²) in [5.41, 5.74) is 0. The molecule has 0 aromatic rings. The molecule has 19 heavy (non-hydrogen) atoms. The molecule has 2 heterocycles. The van der Waals surface area contributed by atoms with Crippen molar-refractivity contribution >= 4 is 11.9 Å². The van der Waals surface area contributed by atoms with Crippen molar-refractivity contribution in [1.29, 1.82) is 0 Å². The van der Waals surface area contributed by atoms with Gasteiger partial charge in [0.2, 0.25) is 5.91 Å². The maximum atomic E-state index is 12.6. The summed E-state index contributed by atoms with van der Waals surface area (Å²) in [4.78, 5) is 25.8. The zero-order valence-electron chi connectivity index (χ0n) is 11.2. The number of amides is 1. The van der Waals surface area contributed by atoms with Crippen LogP contribution in [0.15, 0.2) is 0 Å². The molecule has 2 saturated heterocycles. The molecule has 2 aliphatic heterocycles. The van der Waals surface area contributed by atoms with E-state index in [-0.39, 0.29) is 17.7 Å². The van der Waals surface area contributed by atoms with Gasteiger partial charge in [-0.2, -0.15) is 0 Å². The number of nitrogens with one attached hydrogen (secondary N) is 1. The third-order valence-corrected chi connectivity index (χ3v) is 5.07. The molecule has 0 spiro atoms. The van der Waals surface area contributed by atoms with Crippen molar-refractivity contribution in [3.8, 4) is 0 Å². The number of carbonyl (C=O) groups excluding carboxylic acids is 1. The van der Waals surface area contributed by atoms with Crippen LogP contribution in [0.25, 0.3) is 0 Å². The first-order valence-electron chi connectivity index (χ1n) is 7.42. The second kappa shape index (κ2) is 5.12. The molecule has 0 radical (unpaired) electrons. The van der Waals surface area contributed by atoms with E-state index in [1.54, 1.807) is 4.90 Å². The van der Waals surface area contributed by atoms with Crippen LogP contribution in [0.4, 0.5) is 0 Å². The minimum atomic E-state index is -0.813. The highest BCUT2D eigenvalue weighted by Crippen LogP contribution is 2.42. The van der Waals surface area contributed by atoms with Crippen LogP contribution in [0.3, 0.4) is 0 Å². The highest BCUT2D eigenvalue weighted by molar-refractivity contribution is 5.86. The van der Waals surface area contributed by atoms with E-state index >= 15 is 0 Å². The van der Waals surface area contributed by atoms with Crippen molar-refractivity contribution in [2.24, 2.45) is 17.8 Å². The Morgan fingerprint density at radius 1 is 1.16 bits per heavy atom. The lowest BCUT2D eigenvalue weighted by atomic mass is 9.93. The largest absolute Gasteiger partial charge is 0.480 e. The van der Waals surface area contributed by atoms with E-state index in [2.05, 4.69) is 5.32 Å². The summed E-state index contributed by atoms with van der Waals surface area (Å²) in [5, 5.41) is 12.7. The Kier molecular flexibility index (Phi) is 3.48. The van der Waals surface area contributed by atoms with Gasteiger partial charge in [0.1, 0.15) is 6.04 Å². The van der Waals surface area contributed by atoms with Gasteiger partial charge < -0.3 is 15.3 Å². The maximum absolute atomic E-state index is 12.6. The number of fused-ring (bicyclic) bond motifs is 1. The molecule has 3 rings (SSSR count). The first-order valence-corrected chi connectivity index (χ1v) is 7.42. The predicted octanol–water partition coefficient (Wildman–Crippen LogP) is 0.698. The van der Waals surface area contributed by atoms with E-state index < -0.39 is 12.0 Å². The van der Waals surface area contributed by atoms with Gasteiger partial charge in [0, 0.05) is 13.1 Å². The van der Waals surface area contributed by atoms with E-state index in [1.807, 2.05) is 0 Å². The predicted molar refractivity (Wildman–Crippen MR) is 69.6 cm³/mol. The number of carbonyl (C=O) groups is 2. The van der Waals surface area contributed by atoms with Crippen molar-refractivity contribution in [1.82, 2.24) is 10.2 Å². The van der Waals surface area contributed by atoms with E-state index in [1.165, 1.54) is 0 Å². The van der Waals surface area contributed by atoms with Gasteiger partial charge >= 0.3 is 5.97 Å². The molecule has 3 unspecified atom stereocenters. The SMILES string of the molecule is O=C(O)C1C2CCCC2CN1C(=O)[C@@H]1CCCNC1. The quantitative estimate of drug-likeness (QED) is 0.772. The summed E-state index contributed by atoms with van der Waals surface area (Å²) in [6.07, 6.45) is 5.07. The molecule has 0 bridgehead atoms.